The van der Waals surface area contributed by atoms with Gasteiger partial charge in [-0.3, -0.25) is 4.79 Å². The highest BCUT2D eigenvalue weighted by Crippen LogP contribution is 2.04. The fourth-order valence-electron chi connectivity index (χ4n) is 1.73. The number of hydrogen-bond acceptors (Lipinski definition) is 5. The number of carbonyl (C=O) groups excluding carboxylic acids is 1. The average Bonchev–Trinajstić information content (AvgIpc) is 2.26. The van der Waals surface area contributed by atoms with Gasteiger partial charge in [-0.1, -0.05) is 0 Å². The number of alkyl halides is 2. The molecule has 1 saturated heterocycles. The smallest absolute Gasteiger partial charge is 0.261 e. The Bertz CT molecular complexity index is 389. The number of halogens is 2. The second-order valence-electron chi connectivity index (χ2n) is 4.29. The van der Waals surface area contributed by atoms with Crippen LogP contribution in [-0.4, -0.2) is 64.6 Å². The monoisotopic (exact) mass is 300 g/mol. The van der Waals surface area contributed by atoms with E-state index in [1.807, 2.05) is 0 Å². The van der Waals surface area contributed by atoms with Crippen LogP contribution in [0, 0.1) is 0 Å². The Morgan fingerprint density at radius 2 is 2.21 bits per heavy atom. The molecule has 1 aliphatic heterocycles. The zero-order valence-corrected chi connectivity index (χ0v) is 11.2. The van der Waals surface area contributed by atoms with Crippen molar-refractivity contribution >= 4 is 15.7 Å². The van der Waals surface area contributed by atoms with Gasteiger partial charge in [-0.05, 0) is 0 Å². The first-order chi connectivity index (χ1) is 8.89. The third-order valence-electron chi connectivity index (χ3n) is 2.55. The summed E-state index contributed by atoms with van der Waals surface area (Å²) in [5, 5.41) is 5.44. The van der Waals surface area contributed by atoms with Gasteiger partial charge in [0.1, 0.15) is 6.61 Å². The molecule has 6 nitrogen and oxygen atoms in total. The highest BCUT2D eigenvalue weighted by atomic mass is 32.2. The molecule has 1 atom stereocenters. The predicted molar refractivity (Wildman–Crippen MR) is 64.9 cm³/mol. The first-order valence-electron chi connectivity index (χ1n) is 5.95. The third-order valence-corrected chi connectivity index (χ3v) is 4.28. The summed E-state index contributed by atoms with van der Waals surface area (Å²) in [6.07, 6.45) is -2.47. The molecule has 0 aromatic heterocycles. The van der Waals surface area contributed by atoms with Crippen molar-refractivity contribution in [3.8, 4) is 0 Å². The molecule has 0 aromatic rings. The van der Waals surface area contributed by atoms with Gasteiger partial charge in [-0.25, -0.2) is 17.2 Å². The maximum absolute atomic E-state index is 11.7. The van der Waals surface area contributed by atoms with E-state index < -0.39 is 22.9 Å². The molecule has 0 radical (unpaired) electrons. The molecule has 1 fully saturated rings. The van der Waals surface area contributed by atoms with Crippen molar-refractivity contribution in [3.63, 3.8) is 0 Å². The van der Waals surface area contributed by atoms with E-state index >= 15 is 0 Å². The number of hydrogen-bond donors (Lipinski definition) is 2. The van der Waals surface area contributed by atoms with Crippen LogP contribution in [-0.2, 0) is 19.4 Å². The van der Waals surface area contributed by atoms with Gasteiger partial charge in [-0.2, -0.15) is 0 Å². The van der Waals surface area contributed by atoms with E-state index in [1.54, 1.807) is 0 Å². The minimum absolute atomic E-state index is 0.00642. The van der Waals surface area contributed by atoms with E-state index in [2.05, 4.69) is 15.4 Å². The summed E-state index contributed by atoms with van der Waals surface area (Å²) >= 11 is 0. The van der Waals surface area contributed by atoms with Crippen LogP contribution in [0.3, 0.4) is 0 Å². The normalized spacial score (nSPS) is 22.4. The molecule has 19 heavy (non-hydrogen) atoms. The summed E-state index contributed by atoms with van der Waals surface area (Å²) in [6.45, 7) is -0.173. The number of carbonyl (C=O) groups is 1. The molecule has 1 amide bonds. The molecule has 0 saturated carbocycles. The summed E-state index contributed by atoms with van der Waals surface area (Å²) in [6, 6.07) is -0.388. The van der Waals surface area contributed by atoms with Gasteiger partial charge >= 0.3 is 0 Å². The number of ether oxygens (including phenoxy) is 1. The van der Waals surface area contributed by atoms with Crippen molar-refractivity contribution < 1.29 is 26.7 Å². The molecule has 0 spiro atoms. The van der Waals surface area contributed by atoms with Gasteiger partial charge in [0.05, 0.1) is 18.1 Å². The van der Waals surface area contributed by atoms with E-state index in [-0.39, 0.29) is 43.0 Å². The van der Waals surface area contributed by atoms with Crippen LogP contribution in [0.5, 0.6) is 0 Å². The summed E-state index contributed by atoms with van der Waals surface area (Å²) in [4.78, 5) is 11.5. The van der Waals surface area contributed by atoms with Crippen molar-refractivity contribution in [1.82, 2.24) is 10.6 Å². The van der Waals surface area contributed by atoms with E-state index in [4.69, 9.17) is 0 Å². The van der Waals surface area contributed by atoms with E-state index in [1.165, 1.54) is 0 Å². The highest BCUT2D eigenvalue weighted by molar-refractivity contribution is 7.91. The van der Waals surface area contributed by atoms with Crippen molar-refractivity contribution in [2.24, 2.45) is 0 Å². The highest BCUT2D eigenvalue weighted by Gasteiger charge is 2.25. The zero-order chi connectivity index (χ0) is 14.3. The molecule has 1 heterocycles. The van der Waals surface area contributed by atoms with Crippen LogP contribution < -0.4 is 10.6 Å². The molecule has 0 bridgehead atoms. The molecule has 2 N–H and O–H groups in total. The Kier molecular flexibility index (Phi) is 6.59. The van der Waals surface area contributed by atoms with Crippen LogP contribution in [0.4, 0.5) is 8.78 Å². The Morgan fingerprint density at radius 3 is 2.84 bits per heavy atom. The topological polar surface area (TPSA) is 84.5 Å². The second kappa shape index (κ2) is 7.71. The number of sulfone groups is 1. The molecule has 0 aromatic carbocycles. The van der Waals surface area contributed by atoms with Gasteiger partial charge in [0.2, 0.25) is 5.91 Å². The lowest BCUT2D eigenvalue weighted by molar-refractivity contribution is -0.121. The van der Waals surface area contributed by atoms with Crippen LogP contribution in [0.1, 0.15) is 6.42 Å². The summed E-state index contributed by atoms with van der Waals surface area (Å²) in [5.41, 5.74) is 0. The second-order valence-corrected chi connectivity index (χ2v) is 6.51. The minimum atomic E-state index is -3.07. The summed E-state index contributed by atoms with van der Waals surface area (Å²) in [5.74, 6) is -0.287. The number of rotatable bonds is 7. The molecule has 9 heteroatoms. The van der Waals surface area contributed by atoms with Crippen LogP contribution >= 0.6 is 0 Å². The first kappa shape index (κ1) is 16.3. The SMILES string of the molecule is O=C(CC1CS(=O)(=O)CCN1)NCCOCC(F)F. The number of nitrogens with one attached hydrogen (secondary N) is 2. The van der Waals surface area contributed by atoms with Crippen molar-refractivity contribution in [2.45, 2.75) is 18.9 Å². The molecule has 112 valence electrons. The average molecular weight is 300 g/mol. The van der Waals surface area contributed by atoms with Crippen LogP contribution in [0.2, 0.25) is 0 Å². The first-order valence-corrected chi connectivity index (χ1v) is 7.77. The molecule has 1 unspecified atom stereocenters. The lowest BCUT2D eigenvalue weighted by Gasteiger charge is -2.23. The van der Waals surface area contributed by atoms with E-state index in [0.717, 1.165) is 0 Å². The Morgan fingerprint density at radius 1 is 1.47 bits per heavy atom. The molecule has 1 rings (SSSR count). The van der Waals surface area contributed by atoms with Gasteiger partial charge in [-0.15, -0.1) is 0 Å². The quantitative estimate of drug-likeness (QED) is 0.599. The minimum Gasteiger partial charge on any atom is -0.374 e. The molecule has 1 aliphatic rings. The standard InChI is InChI=1S/C10H18F2N2O4S/c11-9(12)6-18-3-1-14-10(15)5-8-7-19(16,17)4-2-13-8/h8-9,13H,1-7H2,(H,14,15). The summed E-state index contributed by atoms with van der Waals surface area (Å²) < 4.78 is 50.7. The Balaban J connectivity index is 2.14. The molecule has 0 aliphatic carbocycles. The van der Waals surface area contributed by atoms with Gasteiger partial charge in [0.25, 0.3) is 6.43 Å². The van der Waals surface area contributed by atoms with Crippen LogP contribution in [0.15, 0.2) is 0 Å². The Labute approximate surface area is 110 Å². The zero-order valence-electron chi connectivity index (χ0n) is 10.4. The fourth-order valence-corrected chi connectivity index (χ4v) is 3.17. The van der Waals surface area contributed by atoms with Crippen molar-refractivity contribution in [3.05, 3.63) is 0 Å². The molecular formula is C10H18F2N2O4S. The van der Waals surface area contributed by atoms with Crippen molar-refractivity contribution in [2.75, 3.05) is 37.8 Å². The van der Waals surface area contributed by atoms with Gasteiger partial charge in [0, 0.05) is 25.6 Å². The fraction of sp³-hybridized carbons (Fsp3) is 0.900. The Hall–Kier alpha value is -0.800. The van der Waals surface area contributed by atoms with E-state index in [0.29, 0.717) is 6.54 Å². The van der Waals surface area contributed by atoms with E-state index in [9.17, 15) is 22.0 Å². The lowest BCUT2D eigenvalue weighted by Crippen LogP contribution is -2.47. The van der Waals surface area contributed by atoms with Crippen molar-refractivity contribution in [1.29, 1.82) is 0 Å². The largest absolute Gasteiger partial charge is 0.374 e. The third kappa shape index (κ3) is 7.38. The molecular weight excluding hydrogens is 282 g/mol. The van der Waals surface area contributed by atoms with Gasteiger partial charge < -0.3 is 15.4 Å². The lowest BCUT2D eigenvalue weighted by atomic mass is 10.2. The number of amides is 1. The maximum atomic E-state index is 11.7. The van der Waals surface area contributed by atoms with Gasteiger partial charge in [0.15, 0.2) is 9.84 Å². The maximum Gasteiger partial charge on any atom is 0.261 e. The summed E-state index contributed by atoms with van der Waals surface area (Å²) in [7, 11) is -3.07. The van der Waals surface area contributed by atoms with Crippen LogP contribution in [0.25, 0.3) is 0 Å². The predicted octanol–water partition coefficient (Wildman–Crippen LogP) is -0.839.